The van der Waals surface area contributed by atoms with E-state index in [-0.39, 0.29) is 16.7 Å². The van der Waals surface area contributed by atoms with Crippen LogP contribution in [0.4, 0.5) is 0 Å². The molecule has 37 heavy (non-hydrogen) atoms. The van der Waals surface area contributed by atoms with Crippen molar-refractivity contribution < 1.29 is 23.1 Å². The van der Waals surface area contributed by atoms with Gasteiger partial charge in [-0.25, -0.2) is 4.79 Å². The highest BCUT2D eigenvalue weighted by atomic mass is 28.4. The van der Waals surface area contributed by atoms with Gasteiger partial charge in [0.1, 0.15) is 12.2 Å². The first-order valence-electron chi connectivity index (χ1n) is 13.0. The van der Waals surface area contributed by atoms with Crippen LogP contribution in [0.3, 0.4) is 0 Å². The van der Waals surface area contributed by atoms with Gasteiger partial charge in [-0.2, -0.15) is 0 Å². The van der Waals surface area contributed by atoms with E-state index in [0.29, 0.717) is 0 Å². The summed E-state index contributed by atoms with van der Waals surface area (Å²) < 4.78 is 27.1. The van der Waals surface area contributed by atoms with E-state index < -0.39 is 63.8 Å². The Morgan fingerprint density at radius 1 is 0.946 bits per heavy atom. The zero-order valence-corrected chi connectivity index (χ0v) is 27.0. The van der Waals surface area contributed by atoms with Crippen molar-refractivity contribution in [3.63, 3.8) is 0 Å². The minimum absolute atomic E-state index is 0.0191. The second kappa shape index (κ2) is 10.6. The lowest BCUT2D eigenvalue weighted by Gasteiger charge is -2.41. The molecule has 1 N–H and O–H groups in total. The number of H-pyrrole nitrogens is 1. The lowest BCUT2D eigenvalue weighted by molar-refractivity contribution is -0.167. The van der Waals surface area contributed by atoms with Gasteiger partial charge in [-0.1, -0.05) is 41.5 Å². The molecule has 11 heteroatoms. The fourth-order valence-corrected chi connectivity index (χ4v) is 5.62. The summed E-state index contributed by atoms with van der Waals surface area (Å²) in [7, 11) is -4.52. The fraction of sp³-hybridized carbons (Fsp3) is 0.808. The van der Waals surface area contributed by atoms with Gasteiger partial charge in [-0.3, -0.25) is 19.1 Å². The van der Waals surface area contributed by atoms with Crippen LogP contribution in [0, 0.1) is 5.41 Å². The topological polar surface area (TPSA) is 109 Å². The summed E-state index contributed by atoms with van der Waals surface area (Å²) in [6, 6.07) is 1.25. The molecular formula is C26H48N2O7Si2. The summed E-state index contributed by atoms with van der Waals surface area (Å²) in [6.07, 6.45) is -1.80. The van der Waals surface area contributed by atoms with Crippen LogP contribution in [0.25, 0.3) is 0 Å². The van der Waals surface area contributed by atoms with Crippen molar-refractivity contribution in [3.05, 3.63) is 33.1 Å². The van der Waals surface area contributed by atoms with E-state index in [0.717, 1.165) is 0 Å². The van der Waals surface area contributed by atoms with Crippen LogP contribution in [0.5, 0.6) is 0 Å². The lowest BCUT2D eigenvalue weighted by Crippen LogP contribution is -2.52. The Balaban J connectivity index is 2.60. The number of rotatable bonds is 7. The predicted octanol–water partition coefficient (Wildman–Crippen LogP) is 4.80. The summed E-state index contributed by atoms with van der Waals surface area (Å²) in [5.41, 5.74) is -1.95. The van der Waals surface area contributed by atoms with Gasteiger partial charge >= 0.3 is 11.7 Å². The highest BCUT2D eigenvalue weighted by molar-refractivity contribution is 6.74. The van der Waals surface area contributed by atoms with E-state index in [9.17, 15) is 14.4 Å². The number of ether oxygens (including phenoxy) is 2. The van der Waals surface area contributed by atoms with Crippen molar-refractivity contribution in [2.24, 2.45) is 5.41 Å². The maximum atomic E-state index is 13.1. The Morgan fingerprint density at radius 2 is 1.49 bits per heavy atom. The largest absolute Gasteiger partial charge is 0.454 e. The number of hydrogen-bond donors (Lipinski definition) is 1. The molecule has 1 aliphatic heterocycles. The quantitative estimate of drug-likeness (QED) is 0.379. The minimum Gasteiger partial charge on any atom is -0.454 e. The van der Waals surface area contributed by atoms with Crippen LogP contribution in [0.2, 0.25) is 36.3 Å². The third-order valence-corrected chi connectivity index (χ3v) is 16.9. The van der Waals surface area contributed by atoms with Gasteiger partial charge in [0.25, 0.3) is 5.56 Å². The predicted molar refractivity (Wildman–Crippen MR) is 150 cm³/mol. The number of nitrogens with one attached hydrogen (secondary N) is 1. The van der Waals surface area contributed by atoms with Crippen molar-refractivity contribution in [3.8, 4) is 0 Å². The molecule has 0 saturated carbocycles. The van der Waals surface area contributed by atoms with E-state index in [4.69, 9.17) is 18.3 Å². The maximum absolute atomic E-state index is 13.1. The summed E-state index contributed by atoms with van der Waals surface area (Å²) in [6.45, 7) is 27.0. The first-order chi connectivity index (χ1) is 16.5. The molecule has 212 valence electrons. The van der Waals surface area contributed by atoms with Gasteiger partial charge < -0.3 is 18.3 Å². The van der Waals surface area contributed by atoms with Crippen molar-refractivity contribution in [2.75, 3.05) is 6.61 Å². The van der Waals surface area contributed by atoms with Crippen molar-refractivity contribution in [1.82, 2.24) is 9.55 Å². The van der Waals surface area contributed by atoms with Gasteiger partial charge in [0, 0.05) is 12.3 Å². The number of esters is 1. The Kier molecular flexibility index (Phi) is 9.04. The molecule has 4 atom stereocenters. The molecule has 0 aromatic carbocycles. The van der Waals surface area contributed by atoms with E-state index in [1.54, 1.807) is 20.8 Å². The Bertz CT molecular complexity index is 1070. The first kappa shape index (κ1) is 31.7. The molecule has 0 amide bonds. The molecule has 1 aliphatic rings. The van der Waals surface area contributed by atoms with Crippen LogP contribution in [-0.2, 0) is 23.1 Å². The third-order valence-electron chi connectivity index (χ3n) is 7.92. The molecular weight excluding hydrogens is 508 g/mol. The minimum atomic E-state index is -2.38. The number of aromatic nitrogens is 2. The summed E-state index contributed by atoms with van der Waals surface area (Å²) in [5.74, 6) is -0.432. The summed E-state index contributed by atoms with van der Waals surface area (Å²) in [4.78, 5) is 39.9. The number of hydrogen-bond acceptors (Lipinski definition) is 7. The van der Waals surface area contributed by atoms with Crippen LogP contribution < -0.4 is 11.2 Å². The summed E-state index contributed by atoms with van der Waals surface area (Å²) >= 11 is 0. The van der Waals surface area contributed by atoms with Crippen LogP contribution in [0.15, 0.2) is 21.9 Å². The van der Waals surface area contributed by atoms with Crippen molar-refractivity contribution in [2.45, 2.75) is 123 Å². The molecule has 0 bridgehead atoms. The first-order valence-corrected chi connectivity index (χ1v) is 18.8. The van der Waals surface area contributed by atoms with Crippen molar-refractivity contribution >= 4 is 22.6 Å². The van der Waals surface area contributed by atoms with E-state index in [1.165, 1.54) is 16.8 Å². The fourth-order valence-electron chi connectivity index (χ4n) is 3.29. The van der Waals surface area contributed by atoms with Gasteiger partial charge in [-0.05, 0) is 57.0 Å². The number of carbonyl (C=O) groups is 1. The average molecular weight is 557 g/mol. The van der Waals surface area contributed by atoms with E-state index in [1.807, 2.05) is 0 Å². The molecule has 2 rings (SSSR count). The molecule has 0 spiro atoms. The second-order valence-electron chi connectivity index (χ2n) is 14.1. The van der Waals surface area contributed by atoms with Gasteiger partial charge in [-0.15, -0.1) is 0 Å². The molecule has 0 aliphatic carbocycles. The molecule has 1 fully saturated rings. The molecule has 0 unspecified atom stereocenters. The second-order valence-corrected chi connectivity index (χ2v) is 23.7. The monoisotopic (exact) mass is 556 g/mol. The third kappa shape index (κ3) is 7.32. The van der Waals surface area contributed by atoms with Crippen LogP contribution in [0.1, 0.15) is 68.5 Å². The molecule has 0 radical (unpaired) electrons. The van der Waals surface area contributed by atoms with Crippen LogP contribution >= 0.6 is 0 Å². The van der Waals surface area contributed by atoms with Gasteiger partial charge in [0.05, 0.1) is 12.0 Å². The van der Waals surface area contributed by atoms with Gasteiger partial charge in [0.15, 0.2) is 29.0 Å². The maximum Gasteiger partial charge on any atom is 0.330 e. The number of aromatic amines is 1. The highest BCUT2D eigenvalue weighted by Crippen LogP contribution is 2.43. The average Bonchev–Trinajstić information content (AvgIpc) is 3.00. The molecule has 1 saturated heterocycles. The standard InChI is InChI=1S/C26H48N2O7Si2/c1-24(2,3)22(30)34-20-19(35-37(12,13)26(7,8)9)17(16-32-36(10,11)25(4,5)6)33-21(20)28-15-14-18(29)27-23(28)31/h14-15,17,19-21H,16H2,1-13H3,(H,27,29,31)/t17-,19-,20-,21+/m1/s1. The zero-order valence-electron chi connectivity index (χ0n) is 25.0. The Labute approximate surface area is 223 Å². The van der Waals surface area contributed by atoms with E-state index in [2.05, 4.69) is 72.7 Å². The normalized spacial score (nSPS) is 23.8. The SMILES string of the molecule is CC(C)(C)C(=O)O[C@@H]1[C@H](O[Si](C)(C)C(C)(C)C)[C@@H](CO[Si](C)(C)C(C)(C)C)O[C@@H]1n1ccc(=O)[nH]c1=O. The number of carbonyl (C=O) groups excluding carboxylic acids is 1. The molecule has 9 nitrogen and oxygen atoms in total. The molecule has 1 aromatic heterocycles. The van der Waals surface area contributed by atoms with E-state index >= 15 is 0 Å². The van der Waals surface area contributed by atoms with Gasteiger partial charge in [0.2, 0.25) is 0 Å². The van der Waals surface area contributed by atoms with Crippen molar-refractivity contribution in [1.29, 1.82) is 0 Å². The van der Waals surface area contributed by atoms with Crippen LogP contribution in [-0.4, -0.2) is 57.1 Å². The number of nitrogens with zero attached hydrogens (tertiary/aromatic N) is 1. The smallest absolute Gasteiger partial charge is 0.330 e. The molecule has 2 heterocycles. The Morgan fingerprint density at radius 3 is 1.95 bits per heavy atom. The lowest BCUT2D eigenvalue weighted by atomic mass is 9.97. The Hall–Kier alpha value is -1.54. The summed E-state index contributed by atoms with van der Waals surface area (Å²) in [5, 5.41) is -0.141. The zero-order chi connectivity index (χ0) is 28.8. The molecule has 1 aromatic rings. The highest BCUT2D eigenvalue weighted by Gasteiger charge is 2.54.